The molecule has 0 atom stereocenters. The molecule has 1 aliphatic heterocycles. The third kappa shape index (κ3) is 4.20. The van der Waals surface area contributed by atoms with Crippen LogP contribution in [0.15, 0.2) is 42.5 Å². The second-order valence-electron chi connectivity index (χ2n) is 6.07. The van der Waals surface area contributed by atoms with Gasteiger partial charge in [0.1, 0.15) is 11.6 Å². The molecule has 1 heterocycles. The van der Waals surface area contributed by atoms with E-state index in [0.29, 0.717) is 16.4 Å². The first kappa shape index (κ1) is 17.5. The Kier molecular flexibility index (Phi) is 5.38. The van der Waals surface area contributed by atoms with Gasteiger partial charge >= 0.3 is 0 Å². The molecule has 2 aromatic carbocycles. The van der Waals surface area contributed by atoms with E-state index in [1.165, 1.54) is 6.07 Å². The molecule has 0 aliphatic carbocycles. The molecule has 2 aromatic rings. The number of methoxy groups -OCH3 is 1. The minimum Gasteiger partial charge on any atom is -0.497 e. The van der Waals surface area contributed by atoms with Crippen LogP contribution in [0.25, 0.3) is 0 Å². The lowest BCUT2D eigenvalue weighted by Gasteiger charge is -2.37. The normalized spacial score (nSPS) is 14.4. The molecule has 0 spiro atoms. The summed E-state index contributed by atoms with van der Waals surface area (Å²) in [6.07, 6.45) is 0. The molecule has 1 aliphatic rings. The van der Waals surface area contributed by atoms with Crippen molar-refractivity contribution in [2.75, 3.05) is 43.5 Å². The minimum absolute atomic E-state index is 0.226. The topological polar surface area (TPSA) is 27.7 Å². The predicted molar refractivity (Wildman–Crippen MR) is 104 cm³/mol. The zero-order chi connectivity index (χ0) is 17.8. The Morgan fingerprint density at radius 3 is 2.56 bits per heavy atom. The summed E-state index contributed by atoms with van der Waals surface area (Å²) >= 11 is 5.48. The van der Waals surface area contributed by atoms with Gasteiger partial charge in [0.2, 0.25) is 0 Å². The largest absolute Gasteiger partial charge is 0.497 e. The van der Waals surface area contributed by atoms with E-state index in [9.17, 15) is 4.39 Å². The third-order valence-electron chi connectivity index (χ3n) is 4.41. The van der Waals surface area contributed by atoms with Crippen LogP contribution >= 0.6 is 12.2 Å². The van der Waals surface area contributed by atoms with Crippen LogP contribution in [-0.2, 0) is 0 Å². The predicted octanol–water partition coefficient (Wildman–Crippen LogP) is 3.66. The molecule has 1 fully saturated rings. The van der Waals surface area contributed by atoms with Gasteiger partial charge in [0.25, 0.3) is 0 Å². The van der Waals surface area contributed by atoms with Gasteiger partial charge in [0.15, 0.2) is 5.11 Å². The lowest BCUT2D eigenvalue weighted by Crippen LogP contribution is -2.50. The lowest BCUT2D eigenvalue weighted by atomic mass is 10.2. The number of nitrogens with zero attached hydrogens (tertiary/aromatic N) is 2. The third-order valence-corrected chi connectivity index (χ3v) is 4.77. The second kappa shape index (κ2) is 7.70. The average molecular weight is 359 g/mol. The van der Waals surface area contributed by atoms with Crippen LogP contribution in [0.1, 0.15) is 5.56 Å². The van der Waals surface area contributed by atoms with Crippen LogP contribution in [0, 0.1) is 12.7 Å². The Labute approximate surface area is 153 Å². The van der Waals surface area contributed by atoms with E-state index in [2.05, 4.69) is 21.2 Å². The van der Waals surface area contributed by atoms with Crippen molar-refractivity contribution < 1.29 is 9.13 Å². The number of halogens is 1. The Morgan fingerprint density at radius 2 is 1.88 bits per heavy atom. The van der Waals surface area contributed by atoms with E-state index in [1.807, 2.05) is 24.3 Å². The maximum absolute atomic E-state index is 13.7. The smallest absolute Gasteiger partial charge is 0.173 e. The fourth-order valence-electron chi connectivity index (χ4n) is 2.85. The Hall–Kier alpha value is -2.34. The van der Waals surface area contributed by atoms with Crippen molar-refractivity contribution in [3.63, 3.8) is 0 Å². The van der Waals surface area contributed by atoms with Gasteiger partial charge in [-0.2, -0.15) is 0 Å². The number of benzene rings is 2. The summed E-state index contributed by atoms with van der Waals surface area (Å²) in [7, 11) is 1.68. The van der Waals surface area contributed by atoms with Crippen LogP contribution in [-0.4, -0.2) is 43.3 Å². The molecule has 0 radical (unpaired) electrons. The Morgan fingerprint density at radius 1 is 1.12 bits per heavy atom. The number of thiocarbonyl (C=S) groups is 1. The van der Waals surface area contributed by atoms with E-state index < -0.39 is 0 Å². The van der Waals surface area contributed by atoms with Gasteiger partial charge in [-0.15, -0.1) is 0 Å². The second-order valence-corrected chi connectivity index (χ2v) is 6.46. The maximum atomic E-state index is 13.7. The Balaban J connectivity index is 1.57. The first-order valence-corrected chi connectivity index (χ1v) is 8.69. The molecule has 0 unspecified atom stereocenters. The van der Waals surface area contributed by atoms with E-state index in [0.717, 1.165) is 37.6 Å². The summed E-state index contributed by atoms with van der Waals surface area (Å²) in [6.45, 7) is 5.12. The first-order valence-electron chi connectivity index (χ1n) is 8.28. The number of rotatable bonds is 3. The number of ether oxygens (including phenoxy) is 1. The zero-order valence-corrected chi connectivity index (χ0v) is 15.3. The standard InChI is InChI=1S/C19H22FN3OS/c1-14-6-7-15(12-18(14)20)21-19(25)23-10-8-22(9-11-23)16-4-3-5-17(13-16)24-2/h3-7,12-13H,8-11H2,1-2H3,(H,21,25). The van der Waals surface area contributed by atoms with Gasteiger partial charge in [-0.05, 0) is 49.0 Å². The fraction of sp³-hybridized carbons (Fsp3) is 0.316. The van der Waals surface area contributed by atoms with Gasteiger partial charge < -0.3 is 19.9 Å². The van der Waals surface area contributed by atoms with Crippen LogP contribution in [0.5, 0.6) is 5.75 Å². The van der Waals surface area contributed by atoms with Crippen molar-refractivity contribution in [3.05, 3.63) is 53.8 Å². The molecule has 4 nitrogen and oxygen atoms in total. The molecular formula is C19H22FN3OS. The molecule has 0 amide bonds. The van der Waals surface area contributed by atoms with Crippen LogP contribution in [0.2, 0.25) is 0 Å². The summed E-state index contributed by atoms with van der Waals surface area (Å²) in [5.41, 5.74) is 2.46. The monoisotopic (exact) mass is 359 g/mol. The summed E-state index contributed by atoms with van der Waals surface area (Å²) < 4.78 is 18.9. The van der Waals surface area contributed by atoms with E-state index in [1.54, 1.807) is 20.1 Å². The summed E-state index contributed by atoms with van der Waals surface area (Å²) in [6, 6.07) is 13.1. The van der Waals surface area contributed by atoms with Crippen molar-refractivity contribution in [1.29, 1.82) is 0 Å². The fourth-order valence-corrected chi connectivity index (χ4v) is 3.15. The number of aryl methyl sites for hydroxylation is 1. The minimum atomic E-state index is -0.226. The molecule has 132 valence electrons. The summed E-state index contributed by atoms with van der Waals surface area (Å²) in [5, 5.41) is 3.76. The molecular weight excluding hydrogens is 337 g/mol. The highest BCUT2D eigenvalue weighted by Crippen LogP contribution is 2.22. The lowest BCUT2D eigenvalue weighted by molar-refractivity contribution is 0.389. The maximum Gasteiger partial charge on any atom is 0.173 e. The molecule has 6 heteroatoms. The number of nitrogens with one attached hydrogen (secondary N) is 1. The van der Waals surface area contributed by atoms with Gasteiger partial charge in [-0.3, -0.25) is 0 Å². The summed E-state index contributed by atoms with van der Waals surface area (Å²) in [4.78, 5) is 4.43. The SMILES string of the molecule is COc1cccc(N2CCN(C(=S)Nc3ccc(C)c(F)c3)CC2)c1. The van der Waals surface area contributed by atoms with E-state index >= 15 is 0 Å². The zero-order valence-electron chi connectivity index (χ0n) is 14.5. The Bertz CT molecular complexity index is 760. The van der Waals surface area contributed by atoms with Crippen LogP contribution in [0.3, 0.4) is 0 Å². The number of hydrogen-bond donors (Lipinski definition) is 1. The molecule has 1 N–H and O–H groups in total. The van der Waals surface area contributed by atoms with Crippen LogP contribution < -0.4 is 15.0 Å². The van der Waals surface area contributed by atoms with Crippen LogP contribution in [0.4, 0.5) is 15.8 Å². The average Bonchev–Trinajstić information content (AvgIpc) is 2.65. The quantitative estimate of drug-likeness (QED) is 0.845. The molecule has 0 aromatic heterocycles. The van der Waals surface area contributed by atoms with Gasteiger partial charge in [-0.1, -0.05) is 12.1 Å². The van der Waals surface area contributed by atoms with Gasteiger partial charge in [-0.25, -0.2) is 4.39 Å². The van der Waals surface area contributed by atoms with Crippen molar-refractivity contribution in [2.45, 2.75) is 6.92 Å². The molecule has 1 saturated heterocycles. The summed E-state index contributed by atoms with van der Waals surface area (Å²) in [5.74, 6) is 0.633. The highest BCUT2D eigenvalue weighted by Gasteiger charge is 2.19. The van der Waals surface area contributed by atoms with Crippen molar-refractivity contribution >= 4 is 28.7 Å². The van der Waals surface area contributed by atoms with Gasteiger partial charge in [0.05, 0.1) is 7.11 Å². The molecule has 3 rings (SSSR count). The van der Waals surface area contributed by atoms with Gasteiger partial charge in [0, 0.05) is 43.6 Å². The molecule has 0 saturated carbocycles. The highest BCUT2D eigenvalue weighted by atomic mass is 32.1. The highest BCUT2D eigenvalue weighted by molar-refractivity contribution is 7.80. The van der Waals surface area contributed by atoms with Crippen molar-refractivity contribution in [3.8, 4) is 5.75 Å². The van der Waals surface area contributed by atoms with Crippen molar-refractivity contribution in [2.24, 2.45) is 0 Å². The first-order chi connectivity index (χ1) is 12.1. The van der Waals surface area contributed by atoms with E-state index in [4.69, 9.17) is 17.0 Å². The number of piperazine rings is 1. The molecule has 0 bridgehead atoms. The van der Waals surface area contributed by atoms with E-state index in [-0.39, 0.29) is 5.82 Å². The molecule has 25 heavy (non-hydrogen) atoms. The van der Waals surface area contributed by atoms with Crippen molar-refractivity contribution in [1.82, 2.24) is 4.90 Å². The number of hydrogen-bond acceptors (Lipinski definition) is 3. The number of anilines is 2.